The first-order valence-electron chi connectivity index (χ1n) is 6.58. The van der Waals surface area contributed by atoms with E-state index >= 15 is 0 Å². The fraction of sp³-hybridized carbons (Fsp3) is 0.923. The first-order chi connectivity index (χ1) is 8.16. The average molecular weight is 293 g/mol. The lowest BCUT2D eigenvalue weighted by Gasteiger charge is -2.25. The smallest absolute Gasteiger partial charge is 0.239 e. The van der Waals surface area contributed by atoms with Gasteiger partial charge in [0.05, 0.1) is 5.60 Å². The highest BCUT2D eigenvalue weighted by Crippen LogP contribution is 2.34. The molecular formula is C13H28NO2PS. The number of carbonyl (C=O) groups excluding carboxylic acids is 1. The number of rotatable bonds is 9. The van der Waals surface area contributed by atoms with Crippen molar-refractivity contribution in [2.45, 2.75) is 64.0 Å². The number of hydrogen-bond donors (Lipinski definition) is 2. The van der Waals surface area contributed by atoms with Gasteiger partial charge in [-0.15, -0.1) is 0 Å². The van der Waals surface area contributed by atoms with E-state index in [1.54, 1.807) is 0 Å². The van der Waals surface area contributed by atoms with E-state index in [0.29, 0.717) is 6.54 Å². The van der Waals surface area contributed by atoms with Gasteiger partial charge in [0, 0.05) is 17.6 Å². The van der Waals surface area contributed by atoms with Crippen molar-refractivity contribution < 1.29 is 9.53 Å². The summed E-state index contributed by atoms with van der Waals surface area (Å²) in [4.78, 5) is 11.6. The van der Waals surface area contributed by atoms with Crippen LogP contribution in [0.25, 0.3) is 0 Å². The summed E-state index contributed by atoms with van der Waals surface area (Å²) in [5.41, 5.74) is -0.0819. The molecule has 0 heterocycles. The molecule has 1 amide bonds. The van der Waals surface area contributed by atoms with E-state index in [1.165, 1.54) is 0 Å². The summed E-state index contributed by atoms with van der Waals surface area (Å²) in [5, 5.41) is 2.93. The first kappa shape index (κ1) is 18.2. The van der Waals surface area contributed by atoms with Crippen LogP contribution < -0.4 is 5.32 Å². The molecule has 1 N–H and O–H groups in total. The third-order valence-corrected chi connectivity index (χ3v) is 3.77. The van der Waals surface area contributed by atoms with Crippen molar-refractivity contribution in [3.8, 4) is 0 Å². The fourth-order valence-electron chi connectivity index (χ4n) is 1.36. The first-order valence-corrected chi connectivity index (χ1v) is 8.03. The molecule has 0 spiro atoms. The van der Waals surface area contributed by atoms with Crippen molar-refractivity contribution in [3.05, 3.63) is 0 Å². The van der Waals surface area contributed by atoms with Crippen LogP contribution in [0.5, 0.6) is 0 Å². The normalized spacial score (nSPS) is 13.2. The van der Waals surface area contributed by atoms with Crippen LogP contribution in [0.2, 0.25) is 0 Å². The van der Waals surface area contributed by atoms with Crippen LogP contribution in [0.15, 0.2) is 0 Å². The number of hydrogen-bond acceptors (Lipinski definition) is 3. The topological polar surface area (TPSA) is 38.3 Å². The van der Waals surface area contributed by atoms with E-state index in [-0.39, 0.29) is 24.3 Å². The molecule has 18 heavy (non-hydrogen) atoms. The molecule has 0 aliphatic rings. The lowest BCUT2D eigenvalue weighted by atomic mass is 10.1. The molecule has 0 saturated heterocycles. The van der Waals surface area contributed by atoms with E-state index in [4.69, 9.17) is 4.74 Å². The maximum absolute atomic E-state index is 11.6. The second kappa shape index (κ2) is 8.39. The molecule has 0 aromatic rings. The van der Waals surface area contributed by atoms with Gasteiger partial charge in [-0.1, -0.05) is 13.3 Å². The van der Waals surface area contributed by atoms with Gasteiger partial charge < -0.3 is 10.1 Å². The number of unbranched alkanes of at least 4 members (excludes halogenated alkanes) is 1. The van der Waals surface area contributed by atoms with Crippen LogP contribution >= 0.6 is 21.2 Å². The maximum Gasteiger partial charge on any atom is 0.239 e. The average Bonchev–Trinajstić information content (AvgIpc) is 2.14. The minimum Gasteiger partial charge on any atom is -0.376 e. The Morgan fingerprint density at radius 1 is 1.33 bits per heavy atom. The summed E-state index contributed by atoms with van der Waals surface area (Å²) in [5.74, 6) is 0. The molecule has 0 aromatic heterocycles. The lowest BCUT2D eigenvalue weighted by Crippen LogP contribution is -2.32. The van der Waals surface area contributed by atoms with Gasteiger partial charge >= 0.3 is 0 Å². The Labute approximate surface area is 119 Å². The summed E-state index contributed by atoms with van der Waals surface area (Å²) in [6.07, 6.45) is 3.07. The summed E-state index contributed by atoms with van der Waals surface area (Å²) in [7, 11) is 0.183. The minimum atomic E-state index is -0.225. The van der Waals surface area contributed by atoms with Gasteiger partial charge in [0.1, 0.15) is 0 Å². The van der Waals surface area contributed by atoms with Crippen molar-refractivity contribution in [3.63, 3.8) is 0 Å². The second-order valence-corrected chi connectivity index (χ2v) is 9.14. The molecule has 0 bridgehead atoms. The molecule has 0 fully saturated rings. The number of amides is 1. The van der Waals surface area contributed by atoms with Gasteiger partial charge in [-0.2, -0.15) is 12.6 Å². The number of carbonyl (C=O) groups is 1. The molecule has 0 aliphatic carbocycles. The van der Waals surface area contributed by atoms with Crippen LogP contribution in [0.1, 0.15) is 53.9 Å². The van der Waals surface area contributed by atoms with Gasteiger partial charge in [-0.05, 0) is 49.1 Å². The van der Waals surface area contributed by atoms with Gasteiger partial charge in [0.15, 0.2) is 0 Å². The summed E-state index contributed by atoms with van der Waals surface area (Å²) in [6, 6.07) is 0. The largest absolute Gasteiger partial charge is 0.376 e. The summed E-state index contributed by atoms with van der Waals surface area (Å²) >= 11 is 4.36. The van der Waals surface area contributed by atoms with Crippen LogP contribution in [0.3, 0.4) is 0 Å². The Hall–Kier alpha value is 0.210. The van der Waals surface area contributed by atoms with Crippen molar-refractivity contribution in [1.29, 1.82) is 0 Å². The van der Waals surface area contributed by atoms with E-state index in [2.05, 4.69) is 38.7 Å². The molecular weight excluding hydrogens is 265 g/mol. The predicted molar refractivity (Wildman–Crippen MR) is 84.3 cm³/mol. The van der Waals surface area contributed by atoms with Crippen molar-refractivity contribution in [2.75, 3.05) is 13.2 Å². The van der Waals surface area contributed by atoms with Crippen molar-refractivity contribution in [1.82, 2.24) is 5.32 Å². The highest BCUT2D eigenvalue weighted by Gasteiger charge is 2.20. The zero-order chi connectivity index (χ0) is 14.2. The molecule has 1 atom stereocenters. The quantitative estimate of drug-likeness (QED) is 0.383. The Morgan fingerprint density at radius 3 is 2.44 bits per heavy atom. The number of thiol groups is 1. The third kappa shape index (κ3) is 11.3. The van der Waals surface area contributed by atoms with Crippen LogP contribution in [0, 0.1) is 0 Å². The van der Waals surface area contributed by atoms with Gasteiger partial charge in [0.25, 0.3) is 0 Å². The van der Waals surface area contributed by atoms with E-state index in [0.717, 1.165) is 25.9 Å². The molecule has 0 radical (unpaired) electrons. The van der Waals surface area contributed by atoms with E-state index < -0.39 is 0 Å². The van der Waals surface area contributed by atoms with Crippen LogP contribution in [0.4, 0.5) is 4.79 Å². The van der Waals surface area contributed by atoms with Crippen molar-refractivity contribution >= 4 is 26.9 Å². The van der Waals surface area contributed by atoms with E-state index in [1.807, 2.05) is 13.8 Å². The Balaban J connectivity index is 3.78. The van der Waals surface area contributed by atoms with Gasteiger partial charge in [-0.3, -0.25) is 4.79 Å². The molecule has 1 unspecified atom stereocenters. The molecule has 0 saturated carbocycles. The molecule has 0 rings (SSSR count). The second-order valence-electron chi connectivity index (χ2n) is 5.65. The highest BCUT2D eigenvalue weighted by molar-refractivity contribution is 7.91. The van der Waals surface area contributed by atoms with Crippen LogP contribution in [-0.2, 0) is 4.74 Å². The van der Waals surface area contributed by atoms with Gasteiger partial charge in [-0.25, -0.2) is 0 Å². The Kier molecular flexibility index (Phi) is 8.49. The standard InChI is InChI=1S/C13H28NO2PS/c1-6-7-10-16-12(2,3)8-9-14-11(15)17-13(4,5)18/h17-18H,6-10H2,1-5H3,(H,14,15). The summed E-state index contributed by atoms with van der Waals surface area (Å²) < 4.78 is 5.56. The molecule has 3 nitrogen and oxygen atoms in total. The molecule has 0 aliphatic heterocycles. The van der Waals surface area contributed by atoms with Crippen molar-refractivity contribution in [2.24, 2.45) is 0 Å². The SMILES string of the molecule is CCCCOC(C)(C)CCNC(=O)PC(C)(C)S. The minimum absolute atomic E-state index is 0.0827. The lowest BCUT2D eigenvalue weighted by molar-refractivity contribution is -0.0235. The van der Waals surface area contributed by atoms with E-state index in [9.17, 15) is 4.79 Å². The summed E-state index contributed by atoms with van der Waals surface area (Å²) in [6.45, 7) is 11.6. The fourth-order valence-corrected chi connectivity index (χ4v) is 2.44. The monoisotopic (exact) mass is 293 g/mol. The Bertz CT molecular complexity index is 252. The predicted octanol–water partition coefficient (Wildman–Crippen LogP) is 4.03. The zero-order valence-corrected chi connectivity index (χ0v) is 14.2. The maximum atomic E-state index is 11.6. The Morgan fingerprint density at radius 2 is 1.94 bits per heavy atom. The number of nitrogens with one attached hydrogen (secondary N) is 1. The van der Waals surface area contributed by atoms with Gasteiger partial charge in [0.2, 0.25) is 5.65 Å². The molecule has 5 heteroatoms. The number of ether oxygens (including phenoxy) is 1. The third-order valence-electron chi connectivity index (χ3n) is 2.42. The van der Waals surface area contributed by atoms with Crippen LogP contribution in [-0.4, -0.2) is 28.9 Å². The zero-order valence-electron chi connectivity index (χ0n) is 12.3. The molecule has 108 valence electrons. The molecule has 0 aromatic carbocycles. The highest BCUT2D eigenvalue weighted by atomic mass is 32.1.